The number of hydrogen-bond donors (Lipinski definition) is 2. The third-order valence-corrected chi connectivity index (χ3v) is 3.96. The summed E-state index contributed by atoms with van der Waals surface area (Å²) in [5.74, 6) is -1.09. The zero-order chi connectivity index (χ0) is 18.6. The van der Waals surface area contributed by atoms with E-state index in [4.69, 9.17) is 5.73 Å². The summed E-state index contributed by atoms with van der Waals surface area (Å²) >= 11 is 0. The zero-order valence-corrected chi connectivity index (χ0v) is 14.2. The number of rotatable bonds is 6. The molecule has 0 atom stereocenters. The van der Waals surface area contributed by atoms with Gasteiger partial charge in [-0.05, 0) is 18.1 Å². The van der Waals surface area contributed by atoms with Gasteiger partial charge in [-0.1, -0.05) is 31.5 Å². The Labute approximate surface area is 143 Å². The number of nitrogens with two attached hydrogens (primary N) is 1. The standard InChI is InChI=1S/C17H21FN4O3/c1-3-4-9-22-15(19)14(16(24)20-17(22)25)21(2)13(23)10-11-7-5-6-8-12(11)18/h5-8H,3-4,9-10,19H2,1-2H3,(H,20,24,25). The van der Waals surface area contributed by atoms with Crippen LogP contribution in [0.15, 0.2) is 33.9 Å². The minimum Gasteiger partial charge on any atom is -0.383 e. The van der Waals surface area contributed by atoms with E-state index in [0.717, 1.165) is 11.3 Å². The van der Waals surface area contributed by atoms with Gasteiger partial charge < -0.3 is 10.6 Å². The summed E-state index contributed by atoms with van der Waals surface area (Å²) in [5.41, 5.74) is 4.70. The molecule has 0 unspecified atom stereocenters. The van der Waals surface area contributed by atoms with Gasteiger partial charge in [0.1, 0.15) is 11.6 Å². The number of unbranched alkanes of at least 4 members (excludes halogenated alkanes) is 1. The third kappa shape index (κ3) is 3.96. The molecule has 0 fully saturated rings. The van der Waals surface area contributed by atoms with Crippen molar-refractivity contribution in [2.45, 2.75) is 32.7 Å². The Morgan fingerprint density at radius 2 is 2.00 bits per heavy atom. The summed E-state index contributed by atoms with van der Waals surface area (Å²) in [4.78, 5) is 39.7. The first-order valence-electron chi connectivity index (χ1n) is 7.99. The summed E-state index contributed by atoms with van der Waals surface area (Å²) in [6.45, 7) is 2.29. The maximum absolute atomic E-state index is 13.7. The summed E-state index contributed by atoms with van der Waals surface area (Å²) < 4.78 is 15.0. The molecule has 0 aliphatic heterocycles. The molecule has 2 aromatic rings. The average Bonchev–Trinajstić information content (AvgIpc) is 2.56. The molecule has 0 saturated carbocycles. The smallest absolute Gasteiger partial charge is 0.330 e. The number of nitrogens with zero attached hydrogens (tertiary/aromatic N) is 2. The largest absolute Gasteiger partial charge is 0.383 e. The molecule has 1 heterocycles. The van der Waals surface area contributed by atoms with Crippen LogP contribution in [-0.4, -0.2) is 22.5 Å². The number of anilines is 2. The van der Waals surface area contributed by atoms with Crippen molar-refractivity contribution in [2.24, 2.45) is 0 Å². The number of aromatic amines is 1. The molecule has 0 aliphatic carbocycles. The molecule has 7 nitrogen and oxygen atoms in total. The van der Waals surface area contributed by atoms with Crippen molar-refractivity contribution < 1.29 is 9.18 Å². The van der Waals surface area contributed by atoms with Gasteiger partial charge in [-0.2, -0.15) is 0 Å². The minimum atomic E-state index is -0.750. The van der Waals surface area contributed by atoms with Crippen LogP contribution in [0, 0.1) is 5.82 Å². The van der Waals surface area contributed by atoms with Gasteiger partial charge in [0.2, 0.25) is 5.91 Å². The number of amides is 1. The molecule has 0 radical (unpaired) electrons. The first kappa shape index (κ1) is 18.4. The molecule has 3 N–H and O–H groups in total. The lowest BCUT2D eigenvalue weighted by Crippen LogP contribution is -2.39. The molecule has 0 bridgehead atoms. The number of hydrogen-bond acceptors (Lipinski definition) is 4. The fourth-order valence-corrected chi connectivity index (χ4v) is 2.49. The monoisotopic (exact) mass is 348 g/mol. The van der Waals surface area contributed by atoms with Crippen LogP contribution < -0.4 is 21.9 Å². The first-order chi connectivity index (χ1) is 11.9. The Bertz CT molecular complexity index is 888. The van der Waals surface area contributed by atoms with E-state index >= 15 is 0 Å². The van der Waals surface area contributed by atoms with Gasteiger partial charge in [0, 0.05) is 13.6 Å². The molecule has 1 amide bonds. The van der Waals surface area contributed by atoms with E-state index in [1.54, 1.807) is 6.07 Å². The lowest BCUT2D eigenvalue weighted by atomic mass is 10.1. The average molecular weight is 348 g/mol. The topological polar surface area (TPSA) is 101 Å². The molecule has 25 heavy (non-hydrogen) atoms. The molecular formula is C17H21FN4O3. The highest BCUT2D eigenvalue weighted by Crippen LogP contribution is 2.17. The Kier molecular flexibility index (Phi) is 5.74. The SMILES string of the molecule is CCCCn1c(N)c(N(C)C(=O)Cc2ccccc2F)c(=O)[nH]c1=O. The minimum absolute atomic E-state index is 0.0772. The van der Waals surface area contributed by atoms with Crippen molar-refractivity contribution in [3.63, 3.8) is 0 Å². The number of carbonyl (C=O) groups is 1. The second-order valence-corrected chi connectivity index (χ2v) is 5.72. The maximum Gasteiger partial charge on any atom is 0.330 e. The van der Waals surface area contributed by atoms with Crippen molar-refractivity contribution in [1.82, 2.24) is 9.55 Å². The van der Waals surface area contributed by atoms with Crippen LogP contribution in [0.1, 0.15) is 25.3 Å². The molecule has 134 valence electrons. The molecule has 0 spiro atoms. The number of aromatic nitrogens is 2. The summed E-state index contributed by atoms with van der Waals surface area (Å²) in [7, 11) is 1.37. The number of carbonyl (C=O) groups excluding carboxylic acids is 1. The van der Waals surface area contributed by atoms with E-state index in [1.165, 1.54) is 29.8 Å². The van der Waals surface area contributed by atoms with Crippen LogP contribution in [0.5, 0.6) is 0 Å². The number of nitrogens with one attached hydrogen (secondary N) is 1. The van der Waals surface area contributed by atoms with Gasteiger partial charge in [0.05, 0.1) is 6.42 Å². The van der Waals surface area contributed by atoms with Crippen molar-refractivity contribution in [2.75, 3.05) is 17.7 Å². The number of benzene rings is 1. The lowest BCUT2D eigenvalue weighted by molar-refractivity contribution is -0.117. The van der Waals surface area contributed by atoms with Gasteiger partial charge >= 0.3 is 5.69 Å². The summed E-state index contributed by atoms with van der Waals surface area (Å²) in [5, 5.41) is 0. The van der Waals surface area contributed by atoms with Crippen molar-refractivity contribution in [1.29, 1.82) is 0 Å². The number of likely N-dealkylation sites (N-methyl/N-ethyl adjacent to an activating group) is 1. The van der Waals surface area contributed by atoms with Crippen LogP contribution in [0.4, 0.5) is 15.9 Å². The predicted octanol–water partition coefficient (Wildman–Crippen LogP) is 1.26. The summed E-state index contributed by atoms with van der Waals surface area (Å²) in [6.07, 6.45) is 1.31. The van der Waals surface area contributed by atoms with Crippen LogP contribution in [0.25, 0.3) is 0 Å². The first-order valence-corrected chi connectivity index (χ1v) is 7.99. The summed E-state index contributed by atoms with van der Waals surface area (Å²) in [6, 6.07) is 5.91. The second-order valence-electron chi connectivity index (χ2n) is 5.72. The highest BCUT2D eigenvalue weighted by atomic mass is 19.1. The van der Waals surface area contributed by atoms with Gasteiger partial charge in [0.25, 0.3) is 5.56 Å². The molecule has 2 rings (SSSR count). The van der Waals surface area contributed by atoms with Crippen LogP contribution in [-0.2, 0) is 17.8 Å². The van der Waals surface area contributed by atoms with E-state index in [2.05, 4.69) is 4.98 Å². The normalized spacial score (nSPS) is 10.7. The van der Waals surface area contributed by atoms with Crippen molar-refractivity contribution in [3.05, 3.63) is 56.5 Å². The fourth-order valence-electron chi connectivity index (χ4n) is 2.49. The predicted molar refractivity (Wildman–Crippen MR) is 94.2 cm³/mol. The van der Waals surface area contributed by atoms with E-state index in [1.807, 2.05) is 6.92 Å². The number of halogens is 1. The van der Waals surface area contributed by atoms with Gasteiger partial charge in [-0.3, -0.25) is 19.1 Å². The Morgan fingerprint density at radius 3 is 2.64 bits per heavy atom. The van der Waals surface area contributed by atoms with Gasteiger partial charge in [-0.15, -0.1) is 0 Å². The Balaban J connectivity index is 2.36. The Morgan fingerprint density at radius 1 is 1.32 bits per heavy atom. The second kappa shape index (κ2) is 7.78. The third-order valence-electron chi connectivity index (χ3n) is 3.96. The van der Waals surface area contributed by atoms with Gasteiger partial charge in [0.15, 0.2) is 5.69 Å². The maximum atomic E-state index is 13.7. The van der Waals surface area contributed by atoms with Crippen LogP contribution in [0.3, 0.4) is 0 Å². The fraction of sp³-hybridized carbons (Fsp3) is 0.353. The Hall–Kier alpha value is -2.90. The van der Waals surface area contributed by atoms with Crippen LogP contribution >= 0.6 is 0 Å². The molecule has 1 aromatic heterocycles. The molecule has 8 heteroatoms. The van der Waals surface area contributed by atoms with E-state index in [0.29, 0.717) is 13.0 Å². The zero-order valence-electron chi connectivity index (χ0n) is 14.2. The number of nitrogen functional groups attached to an aromatic ring is 1. The van der Waals surface area contributed by atoms with E-state index in [-0.39, 0.29) is 23.5 Å². The number of H-pyrrole nitrogens is 1. The molecular weight excluding hydrogens is 327 g/mol. The quantitative estimate of drug-likeness (QED) is 0.820. The molecule has 0 aliphatic rings. The van der Waals surface area contributed by atoms with E-state index < -0.39 is 23.0 Å². The van der Waals surface area contributed by atoms with Crippen molar-refractivity contribution in [3.8, 4) is 0 Å². The van der Waals surface area contributed by atoms with Crippen molar-refractivity contribution >= 4 is 17.4 Å². The lowest BCUT2D eigenvalue weighted by Gasteiger charge is -2.20. The molecule has 0 saturated heterocycles. The van der Waals surface area contributed by atoms with Gasteiger partial charge in [-0.25, -0.2) is 9.18 Å². The van der Waals surface area contributed by atoms with Crippen LogP contribution in [0.2, 0.25) is 0 Å². The highest BCUT2D eigenvalue weighted by Gasteiger charge is 2.21. The highest BCUT2D eigenvalue weighted by molar-refractivity contribution is 5.96. The molecule has 1 aromatic carbocycles. The van der Waals surface area contributed by atoms with E-state index in [9.17, 15) is 18.8 Å².